The van der Waals surface area contributed by atoms with Crippen LogP contribution in [0, 0.1) is 0 Å². The van der Waals surface area contributed by atoms with Gasteiger partial charge in [-0.25, -0.2) is 13.1 Å². The van der Waals surface area contributed by atoms with Gasteiger partial charge < -0.3 is 0 Å². The summed E-state index contributed by atoms with van der Waals surface area (Å²) in [5, 5.41) is 3.70. The Morgan fingerprint density at radius 3 is 2.22 bits per heavy atom. The number of rotatable bonds is 4. The highest BCUT2D eigenvalue weighted by molar-refractivity contribution is 7.92. The van der Waals surface area contributed by atoms with Crippen molar-refractivity contribution >= 4 is 38.9 Å². The fraction of sp³-hybridized carbons (Fsp3) is 0.0625. The maximum Gasteiger partial charge on any atom is 0.435 e. The molecule has 11 heteroatoms. The van der Waals surface area contributed by atoms with E-state index in [4.69, 9.17) is 23.2 Å². The molecular weight excluding hydrogens is 426 g/mol. The van der Waals surface area contributed by atoms with Crippen LogP contribution in [0.3, 0.4) is 0 Å². The Morgan fingerprint density at radius 1 is 1.00 bits per heavy atom. The fourth-order valence-corrected chi connectivity index (χ4v) is 4.04. The summed E-state index contributed by atoms with van der Waals surface area (Å²) >= 11 is 11.7. The Labute approximate surface area is 162 Å². The topological polar surface area (TPSA) is 64.0 Å². The van der Waals surface area contributed by atoms with Crippen molar-refractivity contribution in [2.75, 3.05) is 4.72 Å². The zero-order chi connectivity index (χ0) is 19.8. The van der Waals surface area contributed by atoms with E-state index < -0.39 is 21.9 Å². The minimum atomic E-state index is -4.54. The monoisotopic (exact) mass is 435 g/mol. The molecule has 3 rings (SSSR count). The van der Waals surface area contributed by atoms with Crippen LogP contribution in [0.25, 0.3) is 5.69 Å². The molecule has 0 radical (unpaired) electrons. The second kappa shape index (κ2) is 7.06. The third kappa shape index (κ3) is 4.37. The normalized spacial score (nSPS) is 12.2. The van der Waals surface area contributed by atoms with Crippen molar-refractivity contribution in [3.63, 3.8) is 0 Å². The molecular formula is C16H10Cl2F3N3O2S. The van der Waals surface area contributed by atoms with Gasteiger partial charge in [-0.2, -0.15) is 18.3 Å². The van der Waals surface area contributed by atoms with Gasteiger partial charge in [0, 0.05) is 16.9 Å². The van der Waals surface area contributed by atoms with Crippen molar-refractivity contribution in [3.8, 4) is 5.69 Å². The van der Waals surface area contributed by atoms with Crippen LogP contribution in [0.5, 0.6) is 0 Å². The number of hydrogen-bond donors (Lipinski definition) is 1. The Bertz CT molecular complexity index is 1080. The van der Waals surface area contributed by atoms with Crippen LogP contribution in [-0.2, 0) is 16.2 Å². The smallest absolute Gasteiger partial charge is 0.280 e. The Kier molecular flexibility index (Phi) is 5.11. The largest absolute Gasteiger partial charge is 0.435 e. The van der Waals surface area contributed by atoms with E-state index in [1.54, 1.807) is 0 Å². The number of aromatic nitrogens is 2. The van der Waals surface area contributed by atoms with Crippen molar-refractivity contribution < 1.29 is 21.6 Å². The molecule has 27 heavy (non-hydrogen) atoms. The molecule has 0 aliphatic rings. The molecule has 0 saturated carbocycles. The fourth-order valence-electron chi connectivity index (χ4n) is 2.20. The van der Waals surface area contributed by atoms with Crippen LogP contribution in [0.4, 0.5) is 18.9 Å². The number of sulfonamides is 1. The maximum atomic E-state index is 12.6. The number of hydrogen-bond acceptors (Lipinski definition) is 3. The second-order valence-electron chi connectivity index (χ2n) is 5.37. The summed E-state index contributed by atoms with van der Waals surface area (Å²) in [4.78, 5) is -0.153. The minimum Gasteiger partial charge on any atom is -0.280 e. The van der Waals surface area contributed by atoms with Gasteiger partial charge >= 0.3 is 6.18 Å². The van der Waals surface area contributed by atoms with E-state index >= 15 is 0 Å². The van der Waals surface area contributed by atoms with Crippen molar-refractivity contribution in [3.05, 3.63) is 70.5 Å². The summed E-state index contributed by atoms with van der Waals surface area (Å²) in [7, 11) is -3.97. The SMILES string of the molecule is O=S(=O)(Nc1ccc(-n2ccc(C(F)(F)F)n2)cc1)c1ccc(Cl)cc1Cl. The lowest BCUT2D eigenvalue weighted by atomic mass is 10.3. The van der Waals surface area contributed by atoms with Gasteiger partial charge in [-0.15, -0.1) is 0 Å². The average Bonchev–Trinajstić information content (AvgIpc) is 3.05. The van der Waals surface area contributed by atoms with Gasteiger partial charge in [-0.05, 0) is 48.5 Å². The van der Waals surface area contributed by atoms with Crippen LogP contribution in [0.15, 0.2) is 59.6 Å². The number of nitrogens with zero attached hydrogens (tertiary/aromatic N) is 2. The number of alkyl halides is 3. The molecule has 0 atom stereocenters. The van der Waals surface area contributed by atoms with Crippen LogP contribution in [0.2, 0.25) is 10.0 Å². The lowest BCUT2D eigenvalue weighted by Gasteiger charge is -2.10. The van der Waals surface area contributed by atoms with Crippen molar-refractivity contribution in [1.29, 1.82) is 0 Å². The van der Waals surface area contributed by atoms with E-state index in [-0.39, 0.29) is 15.6 Å². The highest BCUT2D eigenvalue weighted by Gasteiger charge is 2.33. The molecule has 2 aromatic carbocycles. The predicted molar refractivity (Wildman–Crippen MR) is 95.8 cm³/mol. The zero-order valence-electron chi connectivity index (χ0n) is 13.2. The van der Waals surface area contributed by atoms with Gasteiger partial charge in [0.25, 0.3) is 10.0 Å². The van der Waals surface area contributed by atoms with E-state index in [0.717, 1.165) is 16.9 Å². The van der Waals surface area contributed by atoms with Gasteiger partial charge in [-0.1, -0.05) is 23.2 Å². The summed E-state index contributed by atoms with van der Waals surface area (Å²) < 4.78 is 66.1. The third-order valence-corrected chi connectivity index (χ3v) is 5.55. The highest BCUT2D eigenvalue weighted by Crippen LogP contribution is 2.29. The lowest BCUT2D eigenvalue weighted by molar-refractivity contribution is -0.141. The molecule has 5 nitrogen and oxygen atoms in total. The zero-order valence-corrected chi connectivity index (χ0v) is 15.5. The first-order valence-electron chi connectivity index (χ1n) is 7.27. The Hall–Kier alpha value is -2.23. The predicted octanol–water partition coefficient (Wildman–Crippen LogP) is 5.00. The van der Waals surface area contributed by atoms with Crippen LogP contribution in [0.1, 0.15) is 5.69 Å². The van der Waals surface area contributed by atoms with Gasteiger partial charge in [0.2, 0.25) is 0 Å². The van der Waals surface area contributed by atoms with Gasteiger partial charge in [0.05, 0.1) is 10.7 Å². The van der Waals surface area contributed by atoms with E-state index in [1.807, 2.05) is 0 Å². The summed E-state index contributed by atoms with van der Waals surface area (Å²) in [5.41, 5.74) is -0.490. The molecule has 0 saturated heterocycles. The van der Waals surface area contributed by atoms with Gasteiger partial charge in [0.15, 0.2) is 5.69 Å². The van der Waals surface area contributed by atoms with Gasteiger partial charge in [0.1, 0.15) is 4.90 Å². The minimum absolute atomic E-state index is 0.0390. The quantitative estimate of drug-likeness (QED) is 0.626. The molecule has 3 aromatic rings. The molecule has 0 fully saturated rings. The van der Waals surface area contributed by atoms with Crippen LogP contribution >= 0.6 is 23.2 Å². The molecule has 0 aliphatic carbocycles. The highest BCUT2D eigenvalue weighted by atomic mass is 35.5. The van der Waals surface area contributed by atoms with E-state index in [0.29, 0.717) is 10.7 Å². The molecule has 1 N–H and O–H groups in total. The second-order valence-corrected chi connectivity index (χ2v) is 7.86. The number of anilines is 1. The average molecular weight is 436 g/mol. The van der Waals surface area contributed by atoms with E-state index in [1.165, 1.54) is 42.5 Å². The first kappa shape index (κ1) is 19.5. The van der Waals surface area contributed by atoms with E-state index in [9.17, 15) is 21.6 Å². The lowest BCUT2D eigenvalue weighted by Crippen LogP contribution is -2.13. The molecule has 1 heterocycles. The molecule has 142 valence electrons. The third-order valence-electron chi connectivity index (χ3n) is 3.45. The number of benzene rings is 2. The summed E-state index contributed by atoms with van der Waals surface area (Å²) in [6.07, 6.45) is -3.38. The molecule has 0 unspecified atom stereocenters. The molecule has 0 bridgehead atoms. The van der Waals surface area contributed by atoms with Crippen molar-refractivity contribution in [2.24, 2.45) is 0 Å². The van der Waals surface area contributed by atoms with Crippen LogP contribution in [-0.4, -0.2) is 18.2 Å². The molecule has 0 amide bonds. The Balaban J connectivity index is 1.82. The Morgan fingerprint density at radius 2 is 1.67 bits per heavy atom. The summed E-state index contributed by atoms with van der Waals surface area (Å²) in [6, 6.07) is 10.4. The summed E-state index contributed by atoms with van der Waals surface area (Å²) in [6.45, 7) is 0. The molecule has 0 aliphatic heterocycles. The summed E-state index contributed by atoms with van der Waals surface area (Å²) in [5.74, 6) is 0. The number of halogens is 5. The first-order chi connectivity index (χ1) is 12.6. The van der Waals surface area contributed by atoms with Crippen LogP contribution < -0.4 is 4.72 Å². The van der Waals surface area contributed by atoms with Crippen molar-refractivity contribution in [1.82, 2.24) is 9.78 Å². The molecule has 1 aromatic heterocycles. The first-order valence-corrected chi connectivity index (χ1v) is 9.51. The van der Waals surface area contributed by atoms with Gasteiger partial charge in [-0.3, -0.25) is 4.72 Å². The van der Waals surface area contributed by atoms with E-state index in [2.05, 4.69) is 9.82 Å². The number of nitrogens with one attached hydrogen (secondary N) is 1. The van der Waals surface area contributed by atoms with Crippen molar-refractivity contribution in [2.45, 2.75) is 11.1 Å². The molecule has 0 spiro atoms. The standard InChI is InChI=1S/C16H10Cl2F3N3O2S/c17-10-1-6-14(13(18)9-10)27(25,26)23-11-2-4-12(5-3-11)24-8-7-15(22-24)16(19,20)21/h1-9,23H. The maximum absolute atomic E-state index is 12.6.